The van der Waals surface area contributed by atoms with Gasteiger partial charge in [-0.3, -0.25) is 0 Å². The highest BCUT2D eigenvalue weighted by Crippen LogP contribution is 2.10. The van der Waals surface area contributed by atoms with Gasteiger partial charge in [0, 0.05) is 14.2 Å². The summed E-state index contributed by atoms with van der Waals surface area (Å²) in [5.41, 5.74) is 0. The van der Waals surface area contributed by atoms with Crippen LogP contribution in [0, 0.1) is 0 Å². The van der Waals surface area contributed by atoms with Crippen molar-refractivity contribution < 1.29 is 18.3 Å². The number of hydrogen-bond donors (Lipinski definition) is 0. The molecule has 0 aliphatic heterocycles. The van der Waals surface area contributed by atoms with Gasteiger partial charge in [-0.05, 0) is 18.9 Å². The van der Waals surface area contributed by atoms with Crippen molar-refractivity contribution in [2.24, 2.45) is 0 Å². The zero-order chi connectivity index (χ0) is 14.9. The summed E-state index contributed by atoms with van der Waals surface area (Å²) in [5.74, 6) is 0. The van der Waals surface area contributed by atoms with E-state index in [1.807, 2.05) is 6.08 Å². The maximum Gasteiger partial charge on any atom is 0.321 e. The molecule has 0 saturated heterocycles. The molecule has 0 aromatic heterocycles. The van der Waals surface area contributed by atoms with E-state index < -0.39 is 9.28 Å². The Kier molecular flexibility index (Phi) is 16.7. The molecule has 0 radical (unpaired) electrons. The van der Waals surface area contributed by atoms with Crippen LogP contribution in [-0.2, 0) is 18.3 Å². The van der Waals surface area contributed by atoms with E-state index >= 15 is 0 Å². The topological polar surface area (TPSA) is 36.9 Å². The quantitative estimate of drug-likeness (QED) is 0.249. The van der Waals surface area contributed by atoms with Crippen LogP contribution in [0.5, 0.6) is 0 Å². The molecule has 0 bridgehead atoms. The molecule has 0 amide bonds. The van der Waals surface area contributed by atoms with E-state index in [2.05, 4.69) is 6.58 Å². The van der Waals surface area contributed by atoms with Gasteiger partial charge in [-0.25, -0.2) is 0 Å². The molecule has 0 fully saturated rings. The fraction of sp³-hybridized carbons (Fsp3) is 0.867. The summed E-state index contributed by atoms with van der Waals surface area (Å²) >= 11 is 0. The van der Waals surface area contributed by atoms with Crippen molar-refractivity contribution in [3.8, 4) is 0 Å². The number of allylic oxidation sites excluding steroid dienone is 1. The molecule has 0 heterocycles. The van der Waals surface area contributed by atoms with E-state index in [0.717, 1.165) is 12.5 Å². The molecule has 0 aliphatic rings. The van der Waals surface area contributed by atoms with Gasteiger partial charge in [0.05, 0.1) is 26.4 Å². The van der Waals surface area contributed by atoms with Crippen LogP contribution in [0.25, 0.3) is 0 Å². The zero-order valence-corrected chi connectivity index (χ0v) is 14.4. The maximum absolute atomic E-state index is 5.80. The van der Waals surface area contributed by atoms with Crippen molar-refractivity contribution >= 4 is 9.28 Å². The number of ether oxygens (including phenoxy) is 2. The smallest absolute Gasteiger partial charge is 0.321 e. The summed E-state index contributed by atoms with van der Waals surface area (Å²) in [6, 6.07) is 1.08. The first-order chi connectivity index (χ1) is 9.85. The Hall–Kier alpha value is -0.203. The lowest BCUT2D eigenvalue weighted by Gasteiger charge is -2.16. The third-order valence-corrected chi connectivity index (χ3v) is 5.13. The van der Waals surface area contributed by atoms with Crippen LogP contribution in [0.1, 0.15) is 38.5 Å². The molecule has 0 aliphatic carbocycles. The van der Waals surface area contributed by atoms with Crippen LogP contribution >= 0.6 is 0 Å². The van der Waals surface area contributed by atoms with E-state index in [1.54, 1.807) is 14.2 Å². The van der Waals surface area contributed by atoms with Gasteiger partial charge >= 0.3 is 9.28 Å². The van der Waals surface area contributed by atoms with Gasteiger partial charge < -0.3 is 18.3 Å². The molecular formula is C15H32O4Si. The fourth-order valence-electron chi connectivity index (χ4n) is 1.87. The van der Waals surface area contributed by atoms with Crippen LogP contribution < -0.4 is 0 Å². The standard InChI is InChI=1S/C15H32O4Si/c1-4-5-6-7-8-9-10-15-20(18-13-11-16-2)19-14-12-17-3/h4,20H,1,5-15H2,2-3H3. The zero-order valence-electron chi connectivity index (χ0n) is 13.3. The number of hydrogen-bond acceptors (Lipinski definition) is 4. The normalized spacial score (nSPS) is 11.2. The highest BCUT2D eigenvalue weighted by atomic mass is 28.3. The Labute approximate surface area is 126 Å². The predicted octanol–water partition coefficient (Wildman–Crippen LogP) is 3.06. The van der Waals surface area contributed by atoms with Crippen molar-refractivity contribution in [3.05, 3.63) is 12.7 Å². The lowest BCUT2D eigenvalue weighted by Crippen LogP contribution is -2.26. The number of methoxy groups -OCH3 is 2. The van der Waals surface area contributed by atoms with Crippen molar-refractivity contribution in [1.82, 2.24) is 0 Å². The van der Waals surface area contributed by atoms with E-state index in [1.165, 1.54) is 32.1 Å². The molecule has 4 nitrogen and oxygen atoms in total. The number of unbranched alkanes of at least 4 members (excludes halogenated alkanes) is 5. The Morgan fingerprint density at radius 3 is 1.90 bits per heavy atom. The van der Waals surface area contributed by atoms with Crippen LogP contribution in [0.15, 0.2) is 12.7 Å². The summed E-state index contributed by atoms with van der Waals surface area (Å²) in [7, 11) is 1.84. The predicted molar refractivity (Wildman–Crippen MR) is 85.5 cm³/mol. The van der Waals surface area contributed by atoms with Gasteiger partial charge in [0.25, 0.3) is 0 Å². The Morgan fingerprint density at radius 1 is 0.800 bits per heavy atom. The average molecular weight is 305 g/mol. The molecule has 0 spiro atoms. The molecule has 0 atom stereocenters. The first kappa shape index (κ1) is 19.8. The minimum atomic E-state index is -1.54. The molecular weight excluding hydrogens is 272 g/mol. The van der Waals surface area contributed by atoms with E-state index in [0.29, 0.717) is 26.4 Å². The summed E-state index contributed by atoms with van der Waals surface area (Å²) in [6.07, 6.45) is 9.46. The summed E-state index contributed by atoms with van der Waals surface area (Å²) in [6.45, 7) is 6.29. The Balaban J connectivity index is 3.58. The maximum atomic E-state index is 5.80. The van der Waals surface area contributed by atoms with Crippen LogP contribution in [0.3, 0.4) is 0 Å². The van der Waals surface area contributed by atoms with Crippen LogP contribution in [0.4, 0.5) is 0 Å². The summed E-state index contributed by atoms with van der Waals surface area (Å²) in [4.78, 5) is 0. The second-order valence-electron chi connectivity index (χ2n) is 4.79. The van der Waals surface area contributed by atoms with Crippen molar-refractivity contribution in [1.29, 1.82) is 0 Å². The Bertz CT molecular complexity index is 192. The highest BCUT2D eigenvalue weighted by Gasteiger charge is 2.12. The SMILES string of the molecule is C=CCCCCCCC[SiH](OCCOC)OCCOC. The molecule has 0 saturated carbocycles. The molecule has 0 rings (SSSR count). The number of rotatable bonds is 16. The first-order valence-corrected chi connectivity index (χ1v) is 9.43. The fourth-order valence-corrected chi connectivity index (χ4v) is 3.64. The molecule has 20 heavy (non-hydrogen) atoms. The van der Waals surface area contributed by atoms with Crippen molar-refractivity contribution in [2.75, 3.05) is 40.6 Å². The van der Waals surface area contributed by atoms with Crippen LogP contribution in [0.2, 0.25) is 6.04 Å². The first-order valence-electron chi connectivity index (χ1n) is 7.67. The third-order valence-electron chi connectivity index (χ3n) is 3.03. The summed E-state index contributed by atoms with van der Waals surface area (Å²) < 4.78 is 21.6. The monoisotopic (exact) mass is 304 g/mol. The molecule has 0 unspecified atom stereocenters. The molecule has 0 N–H and O–H groups in total. The largest absolute Gasteiger partial charge is 0.394 e. The lowest BCUT2D eigenvalue weighted by atomic mass is 10.1. The molecule has 120 valence electrons. The van der Waals surface area contributed by atoms with Gasteiger partial charge in [0.1, 0.15) is 0 Å². The van der Waals surface area contributed by atoms with Crippen LogP contribution in [-0.4, -0.2) is 49.9 Å². The van der Waals surface area contributed by atoms with Gasteiger partial charge in [-0.2, -0.15) is 0 Å². The molecule has 5 heteroatoms. The minimum Gasteiger partial charge on any atom is -0.394 e. The highest BCUT2D eigenvalue weighted by molar-refractivity contribution is 6.44. The average Bonchev–Trinajstić information content (AvgIpc) is 2.46. The van der Waals surface area contributed by atoms with E-state index in [9.17, 15) is 0 Å². The van der Waals surface area contributed by atoms with Crippen molar-refractivity contribution in [2.45, 2.75) is 44.6 Å². The molecule has 0 aromatic carbocycles. The lowest BCUT2D eigenvalue weighted by molar-refractivity contribution is 0.0993. The van der Waals surface area contributed by atoms with Crippen molar-refractivity contribution in [3.63, 3.8) is 0 Å². The second kappa shape index (κ2) is 16.9. The Morgan fingerprint density at radius 2 is 1.35 bits per heavy atom. The van der Waals surface area contributed by atoms with Gasteiger partial charge in [-0.15, -0.1) is 6.58 Å². The van der Waals surface area contributed by atoms with Gasteiger partial charge in [0.2, 0.25) is 0 Å². The van der Waals surface area contributed by atoms with Gasteiger partial charge in [0.15, 0.2) is 0 Å². The third kappa shape index (κ3) is 14.2. The van der Waals surface area contributed by atoms with Gasteiger partial charge in [-0.1, -0.05) is 31.8 Å². The molecule has 0 aromatic rings. The summed E-state index contributed by atoms with van der Waals surface area (Å²) in [5, 5.41) is 0. The van der Waals surface area contributed by atoms with E-state index in [-0.39, 0.29) is 0 Å². The second-order valence-corrected chi connectivity index (χ2v) is 6.89. The minimum absolute atomic E-state index is 0.638. The van der Waals surface area contributed by atoms with E-state index in [4.69, 9.17) is 18.3 Å².